The number of aliphatic hydroxyl groups is 1. The van der Waals surface area contributed by atoms with Gasteiger partial charge in [-0.15, -0.1) is 0 Å². The third-order valence-electron chi connectivity index (χ3n) is 4.34. The number of anilines is 1. The number of hydrogen-bond donors (Lipinski definition) is 1. The molecule has 2 rings (SSSR count). The molecule has 1 aromatic heterocycles. The highest BCUT2D eigenvalue weighted by molar-refractivity contribution is 5.68. The number of carbonyl (C=O) groups is 1. The van der Waals surface area contributed by atoms with Crippen molar-refractivity contribution in [2.24, 2.45) is 5.92 Å². The molecule has 1 aliphatic heterocycles. The maximum absolute atomic E-state index is 12.4. The molecule has 1 fully saturated rings. The lowest BCUT2D eigenvalue weighted by Crippen LogP contribution is -2.58. The van der Waals surface area contributed by atoms with Gasteiger partial charge >= 0.3 is 6.09 Å². The van der Waals surface area contributed by atoms with Gasteiger partial charge in [0.2, 0.25) is 5.95 Å². The van der Waals surface area contributed by atoms with Gasteiger partial charge in [0.1, 0.15) is 5.60 Å². The minimum atomic E-state index is -0.498. The number of hydrogen-bond acceptors (Lipinski definition) is 6. The summed E-state index contributed by atoms with van der Waals surface area (Å²) in [6.07, 6.45) is 1.40. The molecule has 7 heteroatoms. The fourth-order valence-electron chi connectivity index (χ4n) is 2.89. The molecule has 0 radical (unpaired) electrons. The lowest BCUT2D eigenvalue weighted by Gasteiger charge is -2.43. The molecule has 1 atom stereocenters. The molecular formula is C18H30N4O3. The maximum atomic E-state index is 12.4. The van der Waals surface area contributed by atoms with E-state index in [0.717, 1.165) is 11.3 Å². The average Bonchev–Trinajstić information content (AvgIpc) is 2.52. The average molecular weight is 350 g/mol. The summed E-state index contributed by atoms with van der Waals surface area (Å²) >= 11 is 0. The van der Waals surface area contributed by atoms with Crippen molar-refractivity contribution in [1.82, 2.24) is 14.9 Å². The predicted octanol–water partition coefficient (Wildman–Crippen LogP) is 2.36. The molecule has 1 aromatic rings. The molecule has 0 aromatic carbocycles. The largest absolute Gasteiger partial charge is 0.444 e. The van der Waals surface area contributed by atoms with Gasteiger partial charge in [-0.25, -0.2) is 14.8 Å². The normalized spacial score (nSPS) is 18.6. The van der Waals surface area contributed by atoms with Gasteiger partial charge in [-0.1, -0.05) is 13.8 Å². The lowest BCUT2D eigenvalue weighted by atomic mass is 10.00. The number of aryl methyl sites for hydroxylation is 1. The topological polar surface area (TPSA) is 78.8 Å². The third kappa shape index (κ3) is 4.81. The van der Waals surface area contributed by atoms with E-state index in [2.05, 4.69) is 28.7 Å². The van der Waals surface area contributed by atoms with Gasteiger partial charge in [0, 0.05) is 37.1 Å². The standard InChI is InChI=1S/C18H30N4O3/c1-12(2)15-10-21(17(24)25-18(4,5)6)7-8-22(15)16-19-9-14(11-23)13(3)20-16/h9,12,15,23H,7-8,10-11H2,1-6H3/t15-/m0/s1. The van der Waals surface area contributed by atoms with Gasteiger partial charge < -0.3 is 19.6 Å². The Labute approximate surface area is 150 Å². The third-order valence-corrected chi connectivity index (χ3v) is 4.34. The highest BCUT2D eigenvalue weighted by Gasteiger charge is 2.34. The van der Waals surface area contributed by atoms with Gasteiger partial charge in [0.15, 0.2) is 0 Å². The van der Waals surface area contributed by atoms with Crippen molar-refractivity contribution in [3.63, 3.8) is 0 Å². The first kappa shape index (κ1) is 19.4. The molecule has 0 saturated carbocycles. The van der Waals surface area contributed by atoms with Gasteiger partial charge in [-0.2, -0.15) is 0 Å². The van der Waals surface area contributed by atoms with Crippen molar-refractivity contribution in [2.45, 2.75) is 59.8 Å². The summed E-state index contributed by atoms with van der Waals surface area (Å²) < 4.78 is 5.51. The fraction of sp³-hybridized carbons (Fsp3) is 0.722. The number of ether oxygens (including phenoxy) is 1. The van der Waals surface area contributed by atoms with Crippen LogP contribution in [0.5, 0.6) is 0 Å². The Hall–Kier alpha value is -1.89. The number of piperazine rings is 1. The molecule has 2 heterocycles. The Kier molecular flexibility index (Phi) is 5.87. The Morgan fingerprint density at radius 3 is 2.60 bits per heavy atom. The Balaban J connectivity index is 2.17. The second-order valence-electron chi connectivity index (χ2n) is 7.87. The van der Waals surface area contributed by atoms with Crippen LogP contribution in [-0.4, -0.2) is 57.3 Å². The van der Waals surface area contributed by atoms with Crippen LogP contribution in [0.25, 0.3) is 0 Å². The first-order valence-corrected chi connectivity index (χ1v) is 8.80. The Morgan fingerprint density at radius 2 is 2.08 bits per heavy atom. The molecule has 25 heavy (non-hydrogen) atoms. The highest BCUT2D eigenvalue weighted by Crippen LogP contribution is 2.24. The van der Waals surface area contributed by atoms with Crippen molar-refractivity contribution in [3.05, 3.63) is 17.5 Å². The minimum absolute atomic E-state index is 0.0633. The van der Waals surface area contributed by atoms with Crippen molar-refractivity contribution in [1.29, 1.82) is 0 Å². The van der Waals surface area contributed by atoms with E-state index in [-0.39, 0.29) is 18.7 Å². The van der Waals surface area contributed by atoms with Gasteiger partial charge in [0.05, 0.1) is 12.6 Å². The zero-order valence-electron chi connectivity index (χ0n) is 16.1. The summed E-state index contributed by atoms with van der Waals surface area (Å²) in [6.45, 7) is 13.5. The van der Waals surface area contributed by atoms with E-state index in [9.17, 15) is 9.90 Å². The zero-order valence-corrected chi connectivity index (χ0v) is 16.1. The van der Waals surface area contributed by atoms with Crippen molar-refractivity contribution in [3.8, 4) is 0 Å². The fourth-order valence-corrected chi connectivity index (χ4v) is 2.89. The van der Waals surface area contributed by atoms with Crippen LogP contribution in [0.2, 0.25) is 0 Å². The van der Waals surface area contributed by atoms with E-state index in [0.29, 0.717) is 31.5 Å². The molecule has 1 N–H and O–H groups in total. The van der Waals surface area contributed by atoms with Crippen LogP contribution in [0.1, 0.15) is 45.9 Å². The van der Waals surface area contributed by atoms with Crippen molar-refractivity contribution >= 4 is 12.0 Å². The number of rotatable bonds is 3. The number of aliphatic hydroxyl groups excluding tert-OH is 1. The van der Waals surface area contributed by atoms with Gasteiger partial charge in [-0.05, 0) is 33.6 Å². The van der Waals surface area contributed by atoms with E-state index >= 15 is 0 Å². The summed E-state index contributed by atoms with van der Waals surface area (Å²) in [5.41, 5.74) is 1.02. The summed E-state index contributed by atoms with van der Waals surface area (Å²) in [5.74, 6) is 0.976. The number of carbonyl (C=O) groups excluding carboxylic acids is 1. The molecule has 0 bridgehead atoms. The Bertz CT molecular complexity index is 613. The zero-order chi connectivity index (χ0) is 18.8. The molecule has 1 amide bonds. The Morgan fingerprint density at radius 1 is 1.40 bits per heavy atom. The molecule has 1 aliphatic rings. The second-order valence-corrected chi connectivity index (χ2v) is 7.87. The van der Waals surface area contributed by atoms with E-state index in [4.69, 9.17) is 4.74 Å². The number of nitrogens with zero attached hydrogens (tertiary/aromatic N) is 4. The van der Waals surface area contributed by atoms with Crippen LogP contribution in [-0.2, 0) is 11.3 Å². The first-order valence-electron chi connectivity index (χ1n) is 8.80. The van der Waals surface area contributed by atoms with Crippen LogP contribution >= 0.6 is 0 Å². The highest BCUT2D eigenvalue weighted by atomic mass is 16.6. The molecule has 1 saturated heterocycles. The van der Waals surface area contributed by atoms with Crippen LogP contribution < -0.4 is 4.90 Å². The molecule has 0 unspecified atom stereocenters. The maximum Gasteiger partial charge on any atom is 0.410 e. The van der Waals surface area contributed by atoms with Crippen molar-refractivity contribution < 1.29 is 14.6 Å². The van der Waals surface area contributed by atoms with E-state index in [1.54, 1.807) is 11.1 Å². The van der Waals surface area contributed by atoms with E-state index < -0.39 is 5.60 Å². The van der Waals surface area contributed by atoms with Crippen LogP contribution in [0.3, 0.4) is 0 Å². The number of amides is 1. The lowest BCUT2D eigenvalue weighted by molar-refractivity contribution is 0.0201. The van der Waals surface area contributed by atoms with Crippen LogP contribution in [0.15, 0.2) is 6.20 Å². The first-order chi connectivity index (χ1) is 11.6. The molecule has 0 spiro atoms. The molecule has 7 nitrogen and oxygen atoms in total. The number of aromatic nitrogens is 2. The van der Waals surface area contributed by atoms with Crippen LogP contribution in [0.4, 0.5) is 10.7 Å². The van der Waals surface area contributed by atoms with Crippen molar-refractivity contribution in [2.75, 3.05) is 24.5 Å². The van der Waals surface area contributed by atoms with E-state index in [1.165, 1.54) is 0 Å². The summed E-state index contributed by atoms with van der Waals surface area (Å²) in [7, 11) is 0. The van der Waals surface area contributed by atoms with Gasteiger partial charge in [-0.3, -0.25) is 0 Å². The second kappa shape index (κ2) is 7.56. The van der Waals surface area contributed by atoms with Gasteiger partial charge in [0.25, 0.3) is 0 Å². The minimum Gasteiger partial charge on any atom is -0.444 e. The van der Waals surface area contributed by atoms with E-state index in [1.807, 2.05) is 27.7 Å². The quantitative estimate of drug-likeness (QED) is 0.901. The molecule has 0 aliphatic carbocycles. The summed E-state index contributed by atoms with van der Waals surface area (Å²) in [5, 5.41) is 9.30. The van der Waals surface area contributed by atoms with Crippen LogP contribution in [0, 0.1) is 12.8 Å². The molecule has 140 valence electrons. The predicted molar refractivity (Wildman–Crippen MR) is 96.5 cm³/mol. The summed E-state index contributed by atoms with van der Waals surface area (Å²) in [4.78, 5) is 25.3. The monoisotopic (exact) mass is 350 g/mol. The molecular weight excluding hydrogens is 320 g/mol. The smallest absolute Gasteiger partial charge is 0.410 e. The SMILES string of the molecule is Cc1nc(N2CCN(C(=O)OC(C)(C)C)C[C@H]2C(C)C)ncc1CO. The summed E-state index contributed by atoms with van der Waals surface area (Å²) in [6, 6.07) is 0.112.